The number of hydrogen-bond acceptors (Lipinski definition) is 1. The van der Waals surface area contributed by atoms with Gasteiger partial charge in [0.05, 0.1) is 5.56 Å². The first-order valence-electron chi connectivity index (χ1n) is 6.17. The number of halogens is 4. The Bertz CT molecular complexity index is 733. The van der Waals surface area contributed by atoms with Crippen LogP contribution in [0, 0.1) is 5.82 Å². The number of hydrogen-bond donors (Lipinski definition) is 1. The van der Waals surface area contributed by atoms with E-state index in [9.17, 15) is 22.4 Å². The highest BCUT2D eigenvalue weighted by atomic mass is 19.4. The number of carbonyl (C=O) groups is 1. The standard InChI is InChI=1S/C16H10F4O2/c17-13-7-2-1-5-11(13)15-10(8-9-14(21)22)4-3-6-12(15)16(18,19)20/h1-9H,(H,21,22). The Labute approximate surface area is 123 Å². The first-order chi connectivity index (χ1) is 10.3. The van der Waals surface area contributed by atoms with Gasteiger partial charge in [-0.05, 0) is 23.8 Å². The van der Waals surface area contributed by atoms with Crippen molar-refractivity contribution in [2.45, 2.75) is 6.18 Å². The molecule has 0 saturated carbocycles. The second kappa shape index (κ2) is 6.01. The van der Waals surface area contributed by atoms with Crippen LogP contribution in [0.3, 0.4) is 0 Å². The lowest BCUT2D eigenvalue weighted by molar-refractivity contribution is -0.137. The molecule has 0 aliphatic rings. The molecule has 0 spiro atoms. The summed E-state index contributed by atoms with van der Waals surface area (Å²) < 4.78 is 53.5. The lowest BCUT2D eigenvalue weighted by atomic mass is 9.93. The van der Waals surface area contributed by atoms with Gasteiger partial charge in [0.2, 0.25) is 0 Å². The zero-order valence-electron chi connectivity index (χ0n) is 11.1. The fourth-order valence-corrected chi connectivity index (χ4v) is 2.07. The lowest BCUT2D eigenvalue weighted by Crippen LogP contribution is -2.08. The van der Waals surface area contributed by atoms with Crippen LogP contribution in [0.15, 0.2) is 48.5 Å². The molecule has 2 aromatic carbocycles. The van der Waals surface area contributed by atoms with E-state index in [4.69, 9.17) is 5.11 Å². The van der Waals surface area contributed by atoms with Crippen molar-refractivity contribution in [3.8, 4) is 11.1 Å². The molecule has 1 N–H and O–H groups in total. The Kier molecular flexibility index (Phi) is 4.30. The molecule has 0 fully saturated rings. The highest BCUT2D eigenvalue weighted by Gasteiger charge is 2.34. The Morgan fingerprint density at radius 1 is 1.05 bits per heavy atom. The predicted octanol–water partition coefficient (Wildman–Crippen LogP) is 4.61. The van der Waals surface area contributed by atoms with Gasteiger partial charge < -0.3 is 5.11 Å². The van der Waals surface area contributed by atoms with Gasteiger partial charge in [-0.2, -0.15) is 13.2 Å². The largest absolute Gasteiger partial charge is 0.478 e. The molecule has 0 bridgehead atoms. The molecule has 2 aromatic rings. The Hall–Kier alpha value is -2.63. The molecule has 0 amide bonds. The highest BCUT2D eigenvalue weighted by molar-refractivity contribution is 5.88. The maximum Gasteiger partial charge on any atom is 0.417 e. The maximum atomic E-state index is 13.9. The first-order valence-corrected chi connectivity index (χ1v) is 6.17. The average molecular weight is 310 g/mol. The van der Waals surface area contributed by atoms with E-state index in [0.717, 1.165) is 24.3 Å². The molecule has 0 heterocycles. The van der Waals surface area contributed by atoms with E-state index in [1.54, 1.807) is 0 Å². The van der Waals surface area contributed by atoms with Crippen LogP contribution in [-0.4, -0.2) is 11.1 Å². The van der Waals surface area contributed by atoms with Crippen molar-refractivity contribution in [3.63, 3.8) is 0 Å². The third-order valence-electron chi connectivity index (χ3n) is 2.95. The first kappa shape index (κ1) is 15.8. The topological polar surface area (TPSA) is 37.3 Å². The van der Waals surface area contributed by atoms with Crippen molar-refractivity contribution in [3.05, 3.63) is 65.5 Å². The molecule has 0 atom stereocenters. The van der Waals surface area contributed by atoms with E-state index < -0.39 is 23.5 Å². The second-order valence-electron chi connectivity index (χ2n) is 4.42. The number of carboxylic acids is 1. The van der Waals surface area contributed by atoms with E-state index in [2.05, 4.69) is 0 Å². The molecule has 0 unspecified atom stereocenters. The number of rotatable bonds is 3. The molecule has 2 nitrogen and oxygen atoms in total. The van der Waals surface area contributed by atoms with Gasteiger partial charge >= 0.3 is 12.1 Å². The normalized spacial score (nSPS) is 11.8. The summed E-state index contributed by atoms with van der Waals surface area (Å²) in [5.41, 5.74) is -1.67. The third kappa shape index (κ3) is 3.33. The Morgan fingerprint density at radius 3 is 2.32 bits per heavy atom. The number of carboxylic acid groups (broad SMARTS) is 1. The highest BCUT2D eigenvalue weighted by Crippen LogP contribution is 2.40. The van der Waals surface area contributed by atoms with Crippen LogP contribution in [-0.2, 0) is 11.0 Å². The molecular formula is C16H10F4O2. The van der Waals surface area contributed by atoms with Gasteiger partial charge in [0.1, 0.15) is 5.82 Å². The van der Waals surface area contributed by atoms with Gasteiger partial charge in [-0.25, -0.2) is 9.18 Å². The van der Waals surface area contributed by atoms with Gasteiger partial charge in [-0.1, -0.05) is 30.3 Å². The van der Waals surface area contributed by atoms with Crippen LogP contribution < -0.4 is 0 Å². The smallest absolute Gasteiger partial charge is 0.417 e. The van der Waals surface area contributed by atoms with Gasteiger partial charge in [0.25, 0.3) is 0 Å². The minimum Gasteiger partial charge on any atom is -0.478 e. The van der Waals surface area contributed by atoms with Gasteiger partial charge in [0, 0.05) is 17.2 Å². The summed E-state index contributed by atoms with van der Waals surface area (Å²) in [6.45, 7) is 0. The zero-order chi connectivity index (χ0) is 16.3. The summed E-state index contributed by atoms with van der Waals surface area (Å²) in [4.78, 5) is 10.6. The summed E-state index contributed by atoms with van der Waals surface area (Å²) in [7, 11) is 0. The minimum atomic E-state index is -4.69. The van der Waals surface area contributed by atoms with Gasteiger partial charge in [-0.15, -0.1) is 0 Å². The van der Waals surface area contributed by atoms with Crippen molar-refractivity contribution in [2.75, 3.05) is 0 Å². The quantitative estimate of drug-likeness (QED) is 0.664. The number of alkyl halides is 3. The van der Waals surface area contributed by atoms with Crippen LogP contribution >= 0.6 is 0 Å². The second-order valence-corrected chi connectivity index (χ2v) is 4.42. The Morgan fingerprint density at radius 2 is 1.73 bits per heavy atom. The van der Waals surface area contributed by atoms with Crippen molar-refractivity contribution in [2.24, 2.45) is 0 Å². The van der Waals surface area contributed by atoms with Crippen molar-refractivity contribution < 1.29 is 27.5 Å². The SMILES string of the molecule is O=C(O)C=Cc1cccc(C(F)(F)F)c1-c1ccccc1F. The van der Waals surface area contributed by atoms with Crippen molar-refractivity contribution in [1.82, 2.24) is 0 Å². The van der Waals surface area contributed by atoms with E-state index in [-0.39, 0.29) is 16.7 Å². The van der Waals surface area contributed by atoms with Crippen LogP contribution in [0.25, 0.3) is 17.2 Å². The summed E-state index contributed by atoms with van der Waals surface area (Å²) >= 11 is 0. The zero-order valence-corrected chi connectivity index (χ0v) is 11.1. The summed E-state index contributed by atoms with van der Waals surface area (Å²) in [6.07, 6.45) is -2.97. The molecule has 114 valence electrons. The van der Waals surface area contributed by atoms with E-state index in [1.807, 2.05) is 0 Å². The molecule has 6 heteroatoms. The molecule has 0 aromatic heterocycles. The van der Waals surface area contributed by atoms with E-state index in [0.29, 0.717) is 6.08 Å². The maximum absolute atomic E-state index is 13.9. The number of aliphatic carboxylic acids is 1. The lowest BCUT2D eigenvalue weighted by Gasteiger charge is -2.16. The fourth-order valence-electron chi connectivity index (χ4n) is 2.07. The summed E-state index contributed by atoms with van der Waals surface area (Å²) in [5, 5.41) is 8.64. The van der Waals surface area contributed by atoms with Crippen molar-refractivity contribution in [1.29, 1.82) is 0 Å². The molecule has 0 aliphatic carbocycles. The monoisotopic (exact) mass is 310 g/mol. The van der Waals surface area contributed by atoms with E-state index in [1.165, 1.54) is 24.3 Å². The summed E-state index contributed by atoms with van der Waals surface area (Å²) in [5.74, 6) is -2.12. The molecule has 0 radical (unpaired) electrons. The van der Waals surface area contributed by atoms with E-state index >= 15 is 0 Å². The minimum absolute atomic E-state index is 0.0256. The van der Waals surface area contributed by atoms with Crippen LogP contribution in [0.2, 0.25) is 0 Å². The predicted molar refractivity (Wildman–Crippen MR) is 73.5 cm³/mol. The fraction of sp³-hybridized carbons (Fsp3) is 0.0625. The van der Waals surface area contributed by atoms with Crippen LogP contribution in [0.1, 0.15) is 11.1 Å². The molecule has 2 rings (SSSR count). The average Bonchev–Trinajstić information content (AvgIpc) is 2.44. The molecule has 0 saturated heterocycles. The Balaban J connectivity index is 2.77. The van der Waals surface area contributed by atoms with Gasteiger partial charge in [-0.3, -0.25) is 0 Å². The molecule has 0 aliphatic heterocycles. The summed E-state index contributed by atoms with van der Waals surface area (Å²) in [6, 6.07) is 8.33. The van der Waals surface area contributed by atoms with Crippen LogP contribution in [0.4, 0.5) is 17.6 Å². The van der Waals surface area contributed by atoms with Gasteiger partial charge in [0.15, 0.2) is 0 Å². The van der Waals surface area contributed by atoms with Crippen molar-refractivity contribution >= 4 is 12.0 Å². The number of benzene rings is 2. The third-order valence-corrected chi connectivity index (χ3v) is 2.95. The van der Waals surface area contributed by atoms with Crippen LogP contribution in [0.5, 0.6) is 0 Å². The molecular weight excluding hydrogens is 300 g/mol. The molecule has 22 heavy (non-hydrogen) atoms.